The van der Waals surface area contributed by atoms with E-state index >= 15 is 0 Å². The maximum absolute atomic E-state index is 12.9. The molecule has 1 fully saturated rings. The highest BCUT2D eigenvalue weighted by Gasteiger charge is 2.29. The van der Waals surface area contributed by atoms with E-state index in [2.05, 4.69) is 21.9 Å². The zero-order chi connectivity index (χ0) is 22.9. The van der Waals surface area contributed by atoms with Gasteiger partial charge in [0.05, 0.1) is 20.8 Å². The largest absolute Gasteiger partial charge is 0.497 e. The van der Waals surface area contributed by atoms with Crippen molar-refractivity contribution in [2.24, 2.45) is 5.92 Å². The number of methoxy groups -OCH3 is 2. The van der Waals surface area contributed by atoms with Gasteiger partial charge in [0, 0.05) is 37.3 Å². The van der Waals surface area contributed by atoms with Gasteiger partial charge in [-0.2, -0.15) is 0 Å². The SMILES string of the molecule is COc1ccc(OCCCN(C(=O)C(C)C)C2CCN(c3ccc(OC)cc3)CC2)cc1. The Morgan fingerprint density at radius 3 is 2.00 bits per heavy atom. The summed E-state index contributed by atoms with van der Waals surface area (Å²) in [6, 6.07) is 16.1. The Balaban J connectivity index is 1.51. The minimum Gasteiger partial charge on any atom is -0.497 e. The molecule has 0 aromatic heterocycles. The minimum absolute atomic E-state index is 0.00266. The van der Waals surface area contributed by atoms with Crippen molar-refractivity contribution >= 4 is 11.6 Å². The van der Waals surface area contributed by atoms with Gasteiger partial charge in [-0.05, 0) is 67.8 Å². The minimum atomic E-state index is -0.00266. The zero-order valence-electron chi connectivity index (χ0n) is 19.8. The number of piperidine rings is 1. The molecule has 1 aliphatic heterocycles. The summed E-state index contributed by atoms with van der Waals surface area (Å²) in [6.45, 7) is 7.16. The standard InChI is InChI=1S/C26H36N2O4/c1-20(2)26(29)28(16-5-19-32-25-12-10-24(31-4)11-13-25)22-14-17-27(18-15-22)21-6-8-23(30-3)9-7-21/h6-13,20,22H,5,14-19H2,1-4H3. The fourth-order valence-electron chi connectivity index (χ4n) is 4.13. The van der Waals surface area contributed by atoms with Gasteiger partial charge >= 0.3 is 0 Å². The second-order valence-electron chi connectivity index (χ2n) is 8.48. The van der Waals surface area contributed by atoms with Crippen LogP contribution in [0.15, 0.2) is 48.5 Å². The highest BCUT2D eigenvalue weighted by Crippen LogP contribution is 2.26. The number of hydrogen-bond acceptors (Lipinski definition) is 5. The third kappa shape index (κ3) is 6.31. The molecular weight excluding hydrogens is 404 g/mol. The Morgan fingerprint density at radius 1 is 0.938 bits per heavy atom. The first-order valence-corrected chi connectivity index (χ1v) is 11.5. The van der Waals surface area contributed by atoms with Gasteiger partial charge in [-0.1, -0.05) is 13.8 Å². The maximum atomic E-state index is 12.9. The molecule has 6 heteroatoms. The lowest BCUT2D eigenvalue weighted by atomic mass is 10.00. The predicted molar refractivity (Wildman–Crippen MR) is 128 cm³/mol. The van der Waals surface area contributed by atoms with Gasteiger partial charge in [0.1, 0.15) is 17.2 Å². The third-order valence-electron chi connectivity index (χ3n) is 5.99. The van der Waals surface area contributed by atoms with Crippen LogP contribution in [0.3, 0.4) is 0 Å². The smallest absolute Gasteiger partial charge is 0.225 e. The molecule has 1 aliphatic rings. The molecule has 1 amide bonds. The Kier molecular flexibility index (Phi) is 8.65. The molecule has 0 saturated carbocycles. The number of rotatable bonds is 10. The summed E-state index contributed by atoms with van der Waals surface area (Å²) in [5, 5.41) is 0. The summed E-state index contributed by atoms with van der Waals surface area (Å²) >= 11 is 0. The molecule has 0 N–H and O–H groups in total. The summed E-state index contributed by atoms with van der Waals surface area (Å²) < 4.78 is 16.3. The zero-order valence-corrected chi connectivity index (χ0v) is 19.8. The van der Waals surface area contributed by atoms with E-state index < -0.39 is 0 Å². The van der Waals surface area contributed by atoms with Crippen molar-refractivity contribution in [1.29, 1.82) is 0 Å². The molecule has 3 rings (SSSR count). The number of carbonyl (C=O) groups is 1. The van der Waals surface area contributed by atoms with Gasteiger partial charge in [0.25, 0.3) is 0 Å². The fraction of sp³-hybridized carbons (Fsp3) is 0.500. The molecule has 0 radical (unpaired) electrons. The van der Waals surface area contributed by atoms with Crippen molar-refractivity contribution in [3.63, 3.8) is 0 Å². The number of benzene rings is 2. The van der Waals surface area contributed by atoms with Gasteiger partial charge < -0.3 is 24.0 Å². The van der Waals surface area contributed by atoms with Crippen LogP contribution in [0.25, 0.3) is 0 Å². The maximum Gasteiger partial charge on any atom is 0.225 e. The molecule has 6 nitrogen and oxygen atoms in total. The van der Waals surface area contributed by atoms with Crippen LogP contribution < -0.4 is 19.1 Å². The second-order valence-corrected chi connectivity index (χ2v) is 8.48. The first-order valence-electron chi connectivity index (χ1n) is 11.5. The average molecular weight is 441 g/mol. The summed E-state index contributed by atoms with van der Waals surface area (Å²) in [4.78, 5) is 17.4. The van der Waals surface area contributed by atoms with Crippen molar-refractivity contribution < 1.29 is 19.0 Å². The molecule has 2 aromatic rings. The van der Waals surface area contributed by atoms with Crippen LogP contribution in [-0.4, -0.2) is 57.3 Å². The van der Waals surface area contributed by atoms with Crippen LogP contribution >= 0.6 is 0 Å². The van der Waals surface area contributed by atoms with Crippen molar-refractivity contribution in [3.8, 4) is 17.2 Å². The second kappa shape index (κ2) is 11.7. The number of hydrogen-bond donors (Lipinski definition) is 0. The summed E-state index contributed by atoms with van der Waals surface area (Å²) in [7, 11) is 3.33. The molecule has 0 unspecified atom stereocenters. The van der Waals surface area contributed by atoms with E-state index in [0.29, 0.717) is 6.61 Å². The molecule has 1 saturated heterocycles. The molecule has 2 aromatic carbocycles. The van der Waals surface area contributed by atoms with Gasteiger partial charge in [-0.25, -0.2) is 0 Å². The number of ether oxygens (including phenoxy) is 3. The van der Waals surface area contributed by atoms with Crippen molar-refractivity contribution in [1.82, 2.24) is 4.90 Å². The van der Waals surface area contributed by atoms with Crippen LogP contribution in [0.1, 0.15) is 33.1 Å². The van der Waals surface area contributed by atoms with Crippen LogP contribution in [0.2, 0.25) is 0 Å². The molecule has 0 bridgehead atoms. The van der Waals surface area contributed by atoms with Gasteiger partial charge in [-0.15, -0.1) is 0 Å². The van der Waals surface area contributed by atoms with E-state index in [-0.39, 0.29) is 17.9 Å². The van der Waals surface area contributed by atoms with E-state index in [1.807, 2.05) is 50.2 Å². The lowest BCUT2D eigenvalue weighted by Gasteiger charge is -2.40. The van der Waals surface area contributed by atoms with E-state index in [0.717, 1.165) is 56.1 Å². The van der Waals surface area contributed by atoms with Crippen LogP contribution in [0.4, 0.5) is 5.69 Å². The fourth-order valence-corrected chi connectivity index (χ4v) is 4.13. The number of carbonyl (C=O) groups excluding carboxylic acids is 1. The quantitative estimate of drug-likeness (QED) is 0.505. The summed E-state index contributed by atoms with van der Waals surface area (Å²) in [5.74, 6) is 2.73. The first-order chi connectivity index (χ1) is 15.5. The monoisotopic (exact) mass is 440 g/mol. The Bertz CT molecular complexity index is 828. The molecule has 174 valence electrons. The molecule has 0 spiro atoms. The predicted octanol–water partition coefficient (Wildman–Crippen LogP) is 4.63. The van der Waals surface area contributed by atoms with Crippen LogP contribution in [-0.2, 0) is 4.79 Å². The number of amides is 1. The van der Waals surface area contributed by atoms with Crippen molar-refractivity contribution in [3.05, 3.63) is 48.5 Å². The Labute approximate surface area is 192 Å². The van der Waals surface area contributed by atoms with Crippen LogP contribution in [0.5, 0.6) is 17.2 Å². The third-order valence-corrected chi connectivity index (χ3v) is 5.99. The Morgan fingerprint density at radius 2 is 1.47 bits per heavy atom. The van der Waals surface area contributed by atoms with E-state index in [1.54, 1.807) is 14.2 Å². The summed E-state index contributed by atoms with van der Waals surface area (Å²) in [5.41, 5.74) is 1.21. The molecular formula is C26H36N2O4. The molecule has 0 atom stereocenters. The normalized spacial score (nSPS) is 14.3. The average Bonchev–Trinajstić information content (AvgIpc) is 2.84. The van der Waals surface area contributed by atoms with E-state index in [1.165, 1.54) is 5.69 Å². The van der Waals surface area contributed by atoms with Gasteiger partial charge in [0.2, 0.25) is 5.91 Å². The lowest BCUT2D eigenvalue weighted by molar-refractivity contribution is -0.137. The first kappa shape index (κ1) is 23.8. The number of nitrogens with zero attached hydrogens (tertiary/aromatic N) is 2. The van der Waals surface area contributed by atoms with Crippen molar-refractivity contribution in [2.45, 2.75) is 39.2 Å². The van der Waals surface area contributed by atoms with E-state index in [4.69, 9.17) is 14.2 Å². The molecule has 32 heavy (non-hydrogen) atoms. The summed E-state index contributed by atoms with van der Waals surface area (Å²) in [6.07, 6.45) is 2.76. The molecule has 0 aliphatic carbocycles. The van der Waals surface area contributed by atoms with Gasteiger partial charge in [0.15, 0.2) is 0 Å². The van der Waals surface area contributed by atoms with Crippen LogP contribution in [0, 0.1) is 5.92 Å². The lowest BCUT2D eigenvalue weighted by Crippen LogP contribution is -2.49. The highest BCUT2D eigenvalue weighted by atomic mass is 16.5. The van der Waals surface area contributed by atoms with Crippen molar-refractivity contribution in [2.75, 3.05) is 45.4 Å². The van der Waals surface area contributed by atoms with E-state index in [9.17, 15) is 4.79 Å². The highest BCUT2D eigenvalue weighted by molar-refractivity contribution is 5.78. The Hall–Kier alpha value is -2.89. The number of anilines is 1. The molecule has 1 heterocycles. The topological polar surface area (TPSA) is 51.2 Å². The van der Waals surface area contributed by atoms with Gasteiger partial charge in [-0.3, -0.25) is 4.79 Å².